The van der Waals surface area contributed by atoms with E-state index >= 15 is 0 Å². The molecule has 0 aromatic rings. The number of carbonyl (C=O) groups is 4. The second kappa shape index (κ2) is 11.7. The van der Waals surface area contributed by atoms with Gasteiger partial charge in [0.1, 0.15) is 12.1 Å². The molecule has 0 heterocycles. The molecule has 26 heavy (non-hydrogen) atoms. The standard InChI is InChI=1S/C15H28N4O6S/c1-4-7(2)11(16)13(22)19-12(8(3)20)14(23)17-5-10(21)18-9(6-26)15(24)25/h7-9,11-12,20,26H,4-6,16H2,1-3H3,(H,17,23)(H,18,21)(H,19,22)(H,24,25). The second-order valence-corrected chi connectivity index (χ2v) is 6.36. The summed E-state index contributed by atoms with van der Waals surface area (Å²) in [6, 6.07) is -3.34. The lowest BCUT2D eigenvalue weighted by molar-refractivity contribution is -0.141. The van der Waals surface area contributed by atoms with Gasteiger partial charge < -0.3 is 31.9 Å². The SMILES string of the molecule is CCC(C)C(N)C(=O)NC(C(=O)NCC(=O)NC(CS)C(=O)O)C(C)O. The van der Waals surface area contributed by atoms with Gasteiger partial charge in [0.15, 0.2) is 0 Å². The van der Waals surface area contributed by atoms with E-state index in [-0.39, 0.29) is 11.7 Å². The molecule has 0 bridgehead atoms. The molecular formula is C15H28N4O6S. The summed E-state index contributed by atoms with van der Waals surface area (Å²) in [4.78, 5) is 46.7. The fraction of sp³-hybridized carbons (Fsp3) is 0.733. The monoisotopic (exact) mass is 392 g/mol. The van der Waals surface area contributed by atoms with Crippen LogP contribution in [0, 0.1) is 5.92 Å². The average Bonchev–Trinajstić information content (AvgIpc) is 2.59. The number of hydrogen-bond donors (Lipinski definition) is 7. The summed E-state index contributed by atoms with van der Waals surface area (Å²) < 4.78 is 0. The number of nitrogens with one attached hydrogen (secondary N) is 3. The summed E-state index contributed by atoms with van der Waals surface area (Å²) in [5, 5.41) is 25.3. The average molecular weight is 392 g/mol. The van der Waals surface area contributed by atoms with E-state index < -0.39 is 54.5 Å². The van der Waals surface area contributed by atoms with Crippen molar-refractivity contribution >= 4 is 36.3 Å². The minimum absolute atomic E-state index is 0.116. The third kappa shape index (κ3) is 8.02. The molecule has 11 heteroatoms. The molecule has 10 nitrogen and oxygen atoms in total. The van der Waals surface area contributed by atoms with Gasteiger partial charge in [0, 0.05) is 5.75 Å². The highest BCUT2D eigenvalue weighted by molar-refractivity contribution is 7.80. The molecule has 0 spiro atoms. The lowest BCUT2D eigenvalue weighted by Gasteiger charge is -2.24. The molecule has 7 N–H and O–H groups in total. The predicted molar refractivity (Wildman–Crippen MR) is 97.5 cm³/mol. The Labute approximate surface area is 157 Å². The van der Waals surface area contributed by atoms with Crippen molar-refractivity contribution in [1.82, 2.24) is 16.0 Å². The van der Waals surface area contributed by atoms with Crippen molar-refractivity contribution in [1.29, 1.82) is 0 Å². The largest absolute Gasteiger partial charge is 0.480 e. The van der Waals surface area contributed by atoms with Gasteiger partial charge in [0.25, 0.3) is 0 Å². The summed E-state index contributed by atoms with van der Waals surface area (Å²) in [6.07, 6.45) is -0.564. The number of aliphatic hydroxyl groups excluding tert-OH is 1. The van der Waals surface area contributed by atoms with E-state index in [1.807, 2.05) is 6.92 Å². The molecule has 5 unspecified atom stereocenters. The fourth-order valence-corrected chi connectivity index (χ4v) is 2.12. The molecule has 0 rings (SSSR count). The zero-order valence-corrected chi connectivity index (χ0v) is 16.0. The van der Waals surface area contributed by atoms with Gasteiger partial charge in [-0.15, -0.1) is 0 Å². The van der Waals surface area contributed by atoms with Crippen LogP contribution in [0.25, 0.3) is 0 Å². The van der Waals surface area contributed by atoms with E-state index in [1.54, 1.807) is 6.92 Å². The van der Waals surface area contributed by atoms with Gasteiger partial charge >= 0.3 is 5.97 Å². The highest BCUT2D eigenvalue weighted by Crippen LogP contribution is 2.06. The van der Waals surface area contributed by atoms with Crippen molar-refractivity contribution in [3.05, 3.63) is 0 Å². The van der Waals surface area contributed by atoms with E-state index in [9.17, 15) is 24.3 Å². The van der Waals surface area contributed by atoms with E-state index in [1.165, 1.54) is 6.92 Å². The molecule has 0 fully saturated rings. The molecule has 0 saturated heterocycles. The maximum Gasteiger partial charge on any atom is 0.327 e. The second-order valence-electron chi connectivity index (χ2n) is 6.00. The number of carboxylic acids is 1. The van der Waals surface area contributed by atoms with Crippen LogP contribution in [0.4, 0.5) is 0 Å². The normalized spacial score (nSPS) is 16.5. The first-order valence-corrected chi connectivity index (χ1v) is 8.83. The number of thiol groups is 1. The molecule has 0 aliphatic carbocycles. The van der Waals surface area contributed by atoms with Crippen molar-refractivity contribution in [2.45, 2.75) is 51.4 Å². The molecule has 0 aromatic heterocycles. The number of nitrogens with two attached hydrogens (primary N) is 1. The third-order valence-electron chi connectivity index (χ3n) is 3.86. The first-order valence-electron chi connectivity index (χ1n) is 8.19. The first-order chi connectivity index (χ1) is 12.0. The van der Waals surface area contributed by atoms with Crippen LogP contribution in [0.5, 0.6) is 0 Å². The van der Waals surface area contributed by atoms with Crippen molar-refractivity contribution in [2.75, 3.05) is 12.3 Å². The zero-order valence-electron chi connectivity index (χ0n) is 15.1. The Morgan fingerprint density at radius 3 is 2.12 bits per heavy atom. The number of aliphatic hydroxyl groups is 1. The van der Waals surface area contributed by atoms with Crippen LogP contribution in [-0.2, 0) is 19.2 Å². The zero-order chi connectivity index (χ0) is 20.4. The first kappa shape index (κ1) is 24.1. The van der Waals surface area contributed by atoms with E-state index in [0.717, 1.165) is 0 Å². The molecule has 150 valence electrons. The number of hydrogen-bond acceptors (Lipinski definition) is 7. The number of aliphatic carboxylic acids is 1. The Hall–Kier alpha value is -1.85. The van der Waals surface area contributed by atoms with Gasteiger partial charge in [-0.3, -0.25) is 14.4 Å². The van der Waals surface area contributed by atoms with Gasteiger partial charge in [-0.25, -0.2) is 4.79 Å². The minimum Gasteiger partial charge on any atom is -0.480 e. The Kier molecular flexibility index (Phi) is 10.9. The topological polar surface area (TPSA) is 171 Å². The van der Waals surface area contributed by atoms with Crippen LogP contribution in [0.2, 0.25) is 0 Å². The van der Waals surface area contributed by atoms with Crippen molar-refractivity contribution in [2.24, 2.45) is 11.7 Å². The summed E-state index contributed by atoms with van der Waals surface area (Å²) in [6.45, 7) is 4.43. The molecule has 0 saturated carbocycles. The highest BCUT2D eigenvalue weighted by Gasteiger charge is 2.29. The fourth-order valence-electron chi connectivity index (χ4n) is 1.88. The molecule has 0 aliphatic heterocycles. The lowest BCUT2D eigenvalue weighted by atomic mass is 9.99. The molecule has 5 atom stereocenters. The Morgan fingerprint density at radius 2 is 1.69 bits per heavy atom. The minimum atomic E-state index is -1.30. The van der Waals surface area contributed by atoms with Crippen LogP contribution >= 0.6 is 12.6 Å². The Morgan fingerprint density at radius 1 is 1.12 bits per heavy atom. The van der Waals surface area contributed by atoms with E-state index in [2.05, 4.69) is 28.6 Å². The summed E-state index contributed by atoms with van der Waals surface area (Å²) in [5.41, 5.74) is 5.79. The van der Waals surface area contributed by atoms with Crippen molar-refractivity contribution < 1.29 is 29.4 Å². The lowest BCUT2D eigenvalue weighted by Crippen LogP contribution is -2.58. The van der Waals surface area contributed by atoms with Crippen LogP contribution < -0.4 is 21.7 Å². The van der Waals surface area contributed by atoms with Crippen molar-refractivity contribution in [3.8, 4) is 0 Å². The Balaban J connectivity index is 4.72. The molecule has 0 aliphatic rings. The van der Waals surface area contributed by atoms with Gasteiger partial charge in [0.05, 0.1) is 18.7 Å². The molecule has 0 aromatic carbocycles. The number of rotatable bonds is 11. The maximum atomic E-state index is 12.1. The van der Waals surface area contributed by atoms with Gasteiger partial charge in [-0.1, -0.05) is 20.3 Å². The summed E-state index contributed by atoms with van der Waals surface area (Å²) in [7, 11) is 0. The van der Waals surface area contributed by atoms with Crippen LogP contribution in [0.3, 0.4) is 0 Å². The van der Waals surface area contributed by atoms with Gasteiger partial charge in [0.2, 0.25) is 17.7 Å². The van der Waals surface area contributed by atoms with E-state index in [4.69, 9.17) is 10.8 Å². The van der Waals surface area contributed by atoms with Gasteiger partial charge in [-0.2, -0.15) is 12.6 Å². The summed E-state index contributed by atoms with van der Waals surface area (Å²) in [5.74, 6) is -3.62. The molecular weight excluding hydrogens is 364 g/mol. The molecule has 3 amide bonds. The quantitative estimate of drug-likeness (QED) is 0.196. The third-order valence-corrected chi connectivity index (χ3v) is 4.23. The van der Waals surface area contributed by atoms with E-state index in [0.29, 0.717) is 6.42 Å². The Bertz CT molecular complexity index is 516. The van der Waals surface area contributed by atoms with Crippen LogP contribution in [0.1, 0.15) is 27.2 Å². The van der Waals surface area contributed by atoms with Gasteiger partial charge in [-0.05, 0) is 12.8 Å². The number of carboxylic acid groups (broad SMARTS) is 1. The number of carbonyl (C=O) groups excluding carboxylic acids is 3. The smallest absolute Gasteiger partial charge is 0.327 e. The van der Waals surface area contributed by atoms with Crippen molar-refractivity contribution in [3.63, 3.8) is 0 Å². The van der Waals surface area contributed by atoms with Crippen LogP contribution in [-0.4, -0.2) is 70.4 Å². The summed E-state index contributed by atoms with van der Waals surface area (Å²) >= 11 is 3.80. The number of amides is 3. The predicted octanol–water partition coefficient (Wildman–Crippen LogP) is -2.16. The highest BCUT2D eigenvalue weighted by atomic mass is 32.1. The maximum absolute atomic E-state index is 12.1. The molecule has 0 radical (unpaired) electrons. The van der Waals surface area contributed by atoms with Crippen LogP contribution in [0.15, 0.2) is 0 Å².